The van der Waals surface area contributed by atoms with Gasteiger partial charge in [-0.05, 0) is 52.4 Å². The molecule has 0 heterocycles. The summed E-state index contributed by atoms with van der Waals surface area (Å²) in [5.74, 6) is -2.14. The molecule has 0 saturated heterocycles. The zero-order chi connectivity index (χ0) is 25.3. The number of amides is 3. The van der Waals surface area contributed by atoms with Crippen molar-refractivity contribution in [3.63, 3.8) is 0 Å². The molecule has 0 bridgehead atoms. The van der Waals surface area contributed by atoms with Gasteiger partial charge in [0.15, 0.2) is 0 Å². The highest BCUT2D eigenvalue weighted by molar-refractivity contribution is 5.97. The van der Waals surface area contributed by atoms with Gasteiger partial charge in [0, 0.05) is 0 Å². The van der Waals surface area contributed by atoms with E-state index in [9.17, 15) is 24.4 Å². The lowest BCUT2D eigenvalue weighted by atomic mass is 9.98. The number of esters is 1. The van der Waals surface area contributed by atoms with Crippen molar-refractivity contribution in [1.82, 2.24) is 16.0 Å². The third kappa shape index (κ3) is 10.5. The minimum atomic E-state index is -1.98. The molecule has 3 N–H and O–H groups in total. The number of alkyl carbamates (subject to hydrolysis) is 1. The molecule has 0 aliphatic heterocycles. The number of ether oxygens (including phenoxy) is 2. The smallest absolute Gasteiger partial charge is 0.408 e. The summed E-state index contributed by atoms with van der Waals surface area (Å²) >= 11 is 0. The van der Waals surface area contributed by atoms with Crippen LogP contribution in [0.2, 0.25) is 0 Å². The molecule has 0 aromatic carbocycles. The predicted molar refractivity (Wildman–Crippen MR) is 118 cm³/mol. The number of rotatable bonds is 10. The summed E-state index contributed by atoms with van der Waals surface area (Å²) in [7, 11) is 1.20. The fourth-order valence-corrected chi connectivity index (χ4v) is 2.75. The van der Waals surface area contributed by atoms with Gasteiger partial charge in [0.25, 0.3) is 5.91 Å². The molecule has 10 nitrogen and oxygen atoms in total. The molecule has 0 aromatic rings. The number of nitrogens with one attached hydrogen (secondary N) is 3. The minimum Gasteiger partial charge on any atom is -0.467 e. The van der Waals surface area contributed by atoms with Crippen LogP contribution < -0.4 is 16.0 Å². The fourth-order valence-electron chi connectivity index (χ4n) is 2.75. The Morgan fingerprint density at radius 1 is 0.906 bits per heavy atom. The maximum Gasteiger partial charge on any atom is 0.408 e. The lowest BCUT2D eigenvalue weighted by molar-refractivity contribution is -0.146. The summed E-state index contributed by atoms with van der Waals surface area (Å²) in [6.07, 6.45) is -0.236. The van der Waals surface area contributed by atoms with Gasteiger partial charge in [0.1, 0.15) is 23.8 Å². The fraction of sp³-hybridized carbons (Fsp3) is 0.773. The lowest BCUT2D eigenvalue weighted by Crippen LogP contribution is -2.62. The molecule has 1 unspecified atom stereocenters. The molecule has 0 radical (unpaired) electrons. The number of nitriles is 1. The second kappa shape index (κ2) is 12.3. The van der Waals surface area contributed by atoms with Crippen LogP contribution in [0, 0.1) is 23.2 Å². The average Bonchev–Trinajstić information content (AvgIpc) is 2.63. The van der Waals surface area contributed by atoms with Crippen LogP contribution in [0.25, 0.3) is 0 Å². The average molecular weight is 455 g/mol. The second-order valence-electron chi connectivity index (χ2n) is 9.73. The highest BCUT2D eigenvalue weighted by Gasteiger charge is 2.40. The minimum absolute atomic E-state index is 0.0256. The van der Waals surface area contributed by atoms with E-state index in [1.54, 1.807) is 26.8 Å². The van der Waals surface area contributed by atoms with Gasteiger partial charge in [0.2, 0.25) is 11.4 Å². The second-order valence-corrected chi connectivity index (χ2v) is 9.73. The topological polar surface area (TPSA) is 147 Å². The number of carbonyl (C=O) groups excluding carboxylic acids is 4. The van der Waals surface area contributed by atoms with E-state index in [2.05, 4.69) is 16.0 Å². The van der Waals surface area contributed by atoms with Gasteiger partial charge < -0.3 is 25.4 Å². The predicted octanol–water partition coefficient (Wildman–Crippen LogP) is 2.03. The Morgan fingerprint density at radius 2 is 1.41 bits per heavy atom. The van der Waals surface area contributed by atoms with Crippen LogP contribution in [0.4, 0.5) is 4.79 Å². The summed E-state index contributed by atoms with van der Waals surface area (Å²) in [5.41, 5.74) is -2.74. The van der Waals surface area contributed by atoms with Crippen molar-refractivity contribution < 1.29 is 28.7 Å². The first kappa shape index (κ1) is 29.2. The Kier molecular flexibility index (Phi) is 11.2. The molecular weight excluding hydrogens is 416 g/mol. The Hall–Kier alpha value is -2.83. The first-order chi connectivity index (χ1) is 14.5. The van der Waals surface area contributed by atoms with Crippen LogP contribution in [-0.4, -0.2) is 54.2 Å². The molecule has 0 rings (SSSR count). The van der Waals surface area contributed by atoms with E-state index in [0.717, 1.165) is 0 Å². The van der Waals surface area contributed by atoms with Crippen molar-refractivity contribution in [2.75, 3.05) is 7.11 Å². The van der Waals surface area contributed by atoms with Gasteiger partial charge >= 0.3 is 12.1 Å². The van der Waals surface area contributed by atoms with Gasteiger partial charge in [-0.15, -0.1) is 0 Å². The molecule has 0 aromatic heterocycles. The van der Waals surface area contributed by atoms with E-state index in [-0.39, 0.29) is 18.3 Å². The molecule has 10 heteroatoms. The van der Waals surface area contributed by atoms with Crippen molar-refractivity contribution in [2.24, 2.45) is 11.8 Å². The number of methoxy groups -OCH3 is 1. The van der Waals surface area contributed by atoms with Crippen LogP contribution in [0.5, 0.6) is 0 Å². The molecule has 3 atom stereocenters. The SMILES string of the molecule is COC(=O)[C@H](CC(C)C)NC(=O)C(C)(C#N)NC(=O)[C@H](CC(C)C)NC(=O)OC(C)(C)C. The molecule has 0 fully saturated rings. The molecular formula is C22H38N4O6. The largest absolute Gasteiger partial charge is 0.467 e. The molecule has 0 spiro atoms. The number of carbonyl (C=O) groups is 4. The van der Waals surface area contributed by atoms with E-state index in [1.165, 1.54) is 14.0 Å². The van der Waals surface area contributed by atoms with Gasteiger partial charge in [0.05, 0.1) is 7.11 Å². The highest BCUT2D eigenvalue weighted by Crippen LogP contribution is 2.13. The van der Waals surface area contributed by atoms with Crippen molar-refractivity contribution in [1.29, 1.82) is 5.26 Å². The zero-order valence-corrected chi connectivity index (χ0v) is 20.6. The molecule has 182 valence electrons. The highest BCUT2D eigenvalue weighted by atomic mass is 16.6. The normalized spacial score (nSPS) is 15.1. The van der Waals surface area contributed by atoms with E-state index in [0.29, 0.717) is 6.42 Å². The van der Waals surface area contributed by atoms with Crippen molar-refractivity contribution >= 4 is 23.9 Å². The van der Waals surface area contributed by atoms with Gasteiger partial charge in [-0.1, -0.05) is 27.7 Å². The van der Waals surface area contributed by atoms with Crippen LogP contribution in [0.3, 0.4) is 0 Å². The number of hydrogen-bond donors (Lipinski definition) is 3. The maximum atomic E-state index is 12.9. The molecule has 32 heavy (non-hydrogen) atoms. The zero-order valence-electron chi connectivity index (χ0n) is 20.6. The summed E-state index contributed by atoms with van der Waals surface area (Å²) < 4.78 is 9.93. The monoisotopic (exact) mass is 454 g/mol. The lowest BCUT2D eigenvalue weighted by Gasteiger charge is -2.29. The maximum absolute atomic E-state index is 12.9. The third-order valence-corrected chi connectivity index (χ3v) is 4.26. The van der Waals surface area contributed by atoms with Gasteiger partial charge in [-0.2, -0.15) is 5.26 Å². The first-order valence-corrected chi connectivity index (χ1v) is 10.7. The van der Waals surface area contributed by atoms with Crippen LogP contribution in [0.1, 0.15) is 68.2 Å². The third-order valence-electron chi connectivity index (χ3n) is 4.26. The standard InChI is InChI=1S/C22H38N4O6/c1-13(2)10-15(25-20(30)32-21(5,6)7)17(27)26-22(8,12-23)19(29)24-16(11-14(3)4)18(28)31-9/h13-16H,10-11H2,1-9H3,(H,24,29)(H,25,30)(H,26,27)/t15-,16-,22?/m0/s1. The first-order valence-electron chi connectivity index (χ1n) is 10.7. The Balaban J connectivity index is 5.54. The van der Waals surface area contributed by atoms with Crippen molar-refractivity contribution in [3.8, 4) is 6.07 Å². The van der Waals surface area contributed by atoms with E-state index >= 15 is 0 Å². The summed E-state index contributed by atoms with van der Waals surface area (Å²) in [6, 6.07) is -0.215. The number of nitrogens with zero attached hydrogens (tertiary/aromatic N) is 1. The molecule has 3 amide bonds. The van der Waals surface area contributed by atoms with E-state index < -0.39 is 47.1 Å². The quantitative estimate of drug-likeness (QED) is 0.428. The Bertz CT molecular complexity index is 723. The van der Waals surface area contributed by atoms with E-state index in [4.69, 9.17) is 9.47 Å². The van der Waals surface area contributed by atoms with Crippen LogP contribution in [0.15, 0.2) is 0 Å². The van der Waals surface area contributed by atoms with E-state index in [1.807, 2.05) is 27.7 Å². The molecule has 0 aliphatic carbocycles. The number of hydrogen-bond acceptors (Lipinski definition) is 7. The van der Waals surface area contributed by atoms with Crippen molar-refractivity contribution in [2.45, 2.75) is 91.5 Å². The van der Waals surface area contributed by atoms with Crippen LogP contribution in [-0.2, 0) is 23.9 Å². The summed E-state index contributed by atoms with van der Waals surface area (Å²) in [5, 5.41) is 17.0. The molecule has 0 aliphatic rings. The summed E-state index contributed by atoms with van der Waals surface area (Å²) in [4.78, 5) is 49.9. The van der Waals surface area contributed by atoms with Crippen molar-refractivity contribution in [3.05, 3.63) is 0 Å². The van der Waals surface area contributed by atoms with Gasteiger partial charge in [-0.3, -0.25) is 9.59 Å². The van der Waals surface area contributed by atoms with Gasteiger partial charge in [-0.25, -0.2) is 9.59 Å². The molecule has 0 saturated carbocycles. The summed E-state index contributed by atoms with van der Waals surface area (Å²) in [6.45, 7) is 13.8. The Labute approximate surface area is 190 Å². The van der Waals surface area contributed by atoms with Crippen LogP contribution >= 0.6 is 0 Å². The Morgan fingerprint density at radius 3 is 1.81 bits per heavy atom.